The van der Waals surface area contributed by atoms with Gasteiger partial charge in [-0.3, -0.25) is 9.55 Å². The van der Waals surface area contributed by atoms with Crippen molar-refractivity contribution in [1.82, 2.24) is 14.1 Å². The van der Waals surface area contributed by atoms with Gasteiger partial charge in [-0.05, 0) is 49.7 Å². The van der Waals surface area contributed by atoms with Crippen molar-refractivity contribution in [2.24, 2.45) is 4.99 Å². The molecule has 9 nitrogen and oxygen atoms in total. The number of aromatic nitrogens is 3. The number of rotatable bonds is 8. The van der Waals surface area contributed by atoms with E-state index in [-0.39, 0.29) is 24.8 Å². The van der Waals surface area contributed by atoms with Crippen LogP contribution in [0.4, 0.5) is 5.69 Å². The van der Waals surface area contributed by atoms with Gasteiger partial charge in [0.25, 0.3) is 0 Å². The minimum atomic E-state index is -1.28. The topological polar surface area (TPSA) is 122 Å². The van der Waals surface area contributed by atoms with Gasteiger partial charge in [0, 0.05) is 5.02 Å². The van der Waals surface area contributed by atoms with Gasteiger partial charge in [-0.2, -0.15) is 0 Å². The molecule has 0 spiro atoms. The maximum Gasteiger partial charge on any atom is 0.335 e. The molecule has 0 bridgehead atoms. The molecule has 0 radical (unpaired) electrons. The zero-order valence-corrected chi connectivity index (χ0v) is 19.5. The summed E-state index contributed by atoms with van der Waals surface area (Å²) in [5.41, 5.74) is -0.360. The normalized spacial score (nSPS) is 12.9. The van der Waals surface area contributed by atoms with E-state index in [0.717, 1.165) is 10.1 Å². The Morgan fingerprint density at radius 3 is 2.39 bits per heavy atom. The van der Waals surface area contributed by atoms with Crippen molar-refractivity contribution in [2.45, 2.75) is 39.1 Å². The molecule has 1 aromatic heterocycles. The summed E-state index contributed by atoms with van der Waals surface area (Å²) >= 11 is 12.2. The Kier molecular flexibility index (Phi) is 8.15. The van der Waals surface area contributed by atoms with E-state index in [1.165, 1.54) is 4.57 Å². The van der Waals surface area contributed by atoms with Crippen molar-refractivity contribution in [1.29, 1.82) is 0 Å². The number of nitrogens with zero attached hydrogens (tertiary/aromatic N) is 3. The van der Waals surface area contributed by atoms with Gasteiger partial charge in [0.15, 0.2) is 0 Å². The molecular formula is C22H24Cl2N4O5. The SMILES string of the molecule is CC(C)Oc1ccc(/N=c2\[nH]c(=O)n(C[C@H](O)CO)c(=O)n2Cc2ccc(Cl)cc2)cc1Cl. The van der Waals surface area contributed by atoms with Crippen molar-refractivity contribution in [3.05, 3.63) is 84.7 Å². The number of benzene rings is 2. The minimum absolute atomic E-state index is 0.0108. The quantitative estimate of drug-likeness (QED) is 0.442. The molecule has 0 aliphatic heterocycles. The van der Waals surface area contributed by atoms with Gasteiger partial charge in [-0.1, -0.05) is 35.3 Å². The molecule has 0 aliphatic rings. The van der Waals surface area contributed by atoms with Gasteiger partial charge < -0.3 is 14.9 Å². The van der Waals surface area contributed by atoms with Gasteiger partial charge >= 0.3 is 11.4 Å². The molecule has 3 rings (SSSR count). The summed E-state index contributed by atoms with van der Waals surface area (Å²) in [4.78, 5) is 32.7. The van der Waals surface area contributed by atoms with Crippen LogP contribution in [0.15, 0.2) is 57.0 Å². The maximum absolute atomic E-state index is 13.1. The molecule has 0 amide bonds. The molecule has 3 aromatic rings. The first kappa shape index (κ1) is 24.8. The third kappa shape index (κ3) is 6.35. The fourth-order valence-electron chi connectivity index (χ4n) is 3.02. The molecule has 11 heteroatoms. The van der Waals surface area contributed by atoms with Crippen molar-refractivity contribution in [3.63, 3.8) is 0 Å². The second-order valence-corrected chi connectivity index (χ2v) is 8.43. The Hall–Kier alpha value is -2.85. The second-order valence-electron chi connectivity index (χ2n) is 7.59. The number of hydrogen-bond donors (Lipinski definition) is 3. The van der Waals surface area contributed by atoms with E-state index in [4.69, 9.17) is 33.0 Å². The highest BCUT2D eigenvalue weighted by molar-refractivity contribution is 6.32. The second kappa shape index (κ2) is 10.8. The molecule has 0 saturated carbocycles. The lowest BCUT2D eigenvalue weighted by Crippen LogP contribution is -2.51. The highest BCUT2D eigenvalue weighted by Crippen LogP contribution is 2.29. The Balaban J connectivity index is 2.15. The van der Waals surface area contributed by atoms with Crippen LogP contribution in [0.3, 0.4) is 0 Å². The molecule has 1 atom stereocenters. The van der Waals surface area contributed by atoms with Gasteiger partial charge in [-0.25, -0.2) is 19.1 Å². The van der Waals surface area contributed by atoms with Gasteiger partial charge in [-0.15, -0.1) is 0 Å². The molecule has 0 aliphatic carbocycles. The van der Waals surface area contributed by atoms with Crippen LogP contribution in [-0.4, -0.2) is 43.1 Å². The fourth-order valence-corrected chi connectivity index (χ4v) is 3.36. The van der Waals surface area contributed by atoms with Crippen LogP contribution in [0.2, 0.25) is 10.0 Å². The molecule has 0 fully saturated rings. The predicted molar refractivity (Wildman–Crippen MR) is 125 cm³/mol. The van der Waals surface area contributed by atoms with Crippen molar-refractivity contribution in [2.75, 3.05) is 6.61 Å². The van der Waals surface area contributed by atoms with Gasteiger partial charge in [0.05, 0.1) is 42.6 Å². The number of nitrogens with one attached hydrogen (secondary N) is 1. The van der Waals surface area contributed by atoms with Crippen LogP contribution in [0.5, 0.6) is 5.75 Å². The molecule has 2 aromatic carbocycles. The summed E-state index contributed by atoms with van der Waals surface area (Å²) in [5.74, 6) is 0.488. The zero-order chi connectivity index (χ0) is 24.1. The third-order valence-electron chi connectivity index (χ3n) is 4.55. The number of aromatic amines is 1. The van der Waals surface area contributed by atoms with E-state index in [2.05, 4.69) is 9.98 Å². The van der Waals surface area contributed by atoms with Crippen molar-refractivity contribution < 1.29 is 14.9 Å². The molecule has 0 unspecified atom stereocenters. The summed E-state index contributed by atoms with van der Waals surface area (Å²) < 4.78 is 7.68. The molecule has 1 heterocycles. The molecule has 33 heavy (non-hydrogen) atoms. The van der Waals surface area contributed by atoms with E-state index in [9.17, 15) is 14.7 Å². The zero-order valence-electron chi connectivity index (χ0n) is 18.0. The summed E-state index contributed by atoms with van der Waals surface area (Å²) in [6.07, 6.45) is -1.34. The first-order chi connectivity index (χ1) is 15.7. The Morgan fingerprint density at radius 1 is 1.09 bits per heavy atom. The number of hydrogen-bond acceptors (Lipinski definition) is 6. The number of ether oxygens (including phenoxy) is 1. The number of halogens is 2. The lowest BCUT2D eigenvalue weighted by molar-refractivity contribution is 0.0783. The highest BCUT2D eigenvalue weighted by atomic mass is 35.5. The third-order valence-corrected chi connectivity index (χ3v) is 5.10. The van der Waals surface area contributed by atoms with Gasteiger partial charge in [0.2, 0.25) is 5.62 Å². The van der Waals surface area contributed by atoms with E-state index in [1.807, 2.05) is 13.8 Å². The van der Waals surface area contributed by atoms with Crippen LogP contribution in [-0.2, 0) is 13.1 Å². The number of aliphatic hydroxyl groups excluding tert-OH is 2. The smallest absolute Gasteiger partial charge is 0.335 e. The van der Waals surface area contributed by atoms with Gasteiger partial charge in [0.1, 0.15) is 5.75 Å². The maximum atomic E-state index is 13.1. The van der Waals surface area contributed by atoms with Crippen LogP contribution in [0, 0.1) is 0 Å². The van der Waals surface area contributed by atoms with E-state index in [1.54, 1.807) is 42.5 Å². The Labute approximate surface area is 199 Å². The van der Waals surface area contributed by atoms with Crippen molar-refractivity contribution in [3.8, 4) is 5.75 Å². The lowest BCUT2D eigenvalue weighted by atomic mass is 10.2. The van der Waals surface area contributed by atoms with Crippen LogP contribution < -0.4 is 21.7 Å². The summed E-state index contributed by atoms with van der Waals surface area (Å²) in [6.45, 7) is 2.85. The number of aliphatic hydroxyl groups is 2. The minimum Gasteiger partial charge on any atom is -0.489 e. The summed E-state index contributed by atoms with van der Waals surface area (Å²) in [7, 11) is 0. The van der Waals surface area contributed by atoms with Crippen LogP contribution in [0.1, 0.15) is 19.4 Å². The van der Waals surface area contributed by atoms with Crippen LogP contribution >= 0.6 is 23.2 Å². The summed E-state index contributed by atoms with van der Waals surface area (Å²) in [5, 5.41) is 19.7. The Morgan fingerprint density at radius 2 is 1.79 bits per heavy atom. The van der Waals surface area contributed by atoms with E-state index >= 15 is 0 Å². The molecular weight excluding hydrogens is 471 g/mol. The molecule has 3 N–H and O–H groups in total. The van der Waals surface area contributed by atoms with E-state index in [0.29, 0.717) is 21.5 Å². The predicted octanol–water partition coefficient (Wildman–Crippen LogP) is 2.07. The average Bonchev–Trinajstić information content (AvgIpc) is 2.76. The Bertz CT molecular complexity index is 1300. The highest BCUT2D eigenvalue weighted by Gasteiger charge is 2.14. The largest absolute Gasteiger partial charge is 0.489 e. The summed E-state index contributed by atoms with van der Waals surface area (Å²) in [6, 6.07) is 11.7. The molecule has 0 saturated heterocycles. The lowest BCUT2D eigenvalue weighted by Gasteiger charge is -2.13. The monoisotopic (exact) mass is 494 g/mol. The first-order valence-corrected chi connectivity index (χ1v) is 10.9. The van der Waals surface area contributed by atoms with E-state index < -0.39 is 24.1 Å². The molecule has 176 valence electrons. The fraction of sp³-hybridized carbons (Fsp3) is 0.318. The average molecular weight is 495 g/mol. The standard InChI is InChI=1S/C22H24Cl2N4O5/c1-13(2)33-19-8-7-16(9-18(19)24)25-20-26-21(31)28(11-17(30)12-29)22(32)27(20)10-14-3-5-15(23)6-4-14/h3-9,13,17,29-30H,10-12H2,1-2H3,(H,25,26,31)/t17-/m0/s1. The number of H-pyrrole nitrogens is 1. The van der Waals surface area contributed by atoms with Crippen LogP contribution in [0.25, 0.3) is 0 Å². The first-order valence-electron chi connectivity index (χ1n) is 10.2. The van der Waals surface area contributed by atoms with Crippen molar-refractivity contribution >= 4 is 28.9 Å².